The van der Waals surface area contributed by atoms with Crippen LogP contribution in [0.5, 0.6) is 0 Å². The van der Waals surface area contributed by atoms with Crippen molar-refractivity contribution in [1.82, 2.24) is 10.4 Å². The number of benzene rings is 2. The molecule has 0 aliphatic carbocycles. The number of rotatable bonds is 9. The molecule has 1 aromatic heterocycles. The van der Waals surface area contributed by atoms with E-state index in [9.17, 15) is 4.79 Å². The highest BCUT2D eigenvalue weighted by Crippen LogP contribution is 2.18. The van der Waals surface area contributed by atoms with Crippen LogP contribution in [0.15, 0.2) is 59.8 Å². The number of nitrogens with one attached hydrogen (secondary N) is 2. The quantitative estimate of drug-likeness (QED) is 0.312. The van der Waals surface area contributed by atoms with E-state index < -0.39 is 0 Å². The van der Waals surface area contributed by atoms with Crippen molar-refractivity contribution in [3.63, 3.8) is 0 Å². The zero-order valence-corrected chi connectivity index (χ0v) is 16.9. The Kier molecular flexibility index (Phi) is 7.34. The highest BCUT2D eigenvalue weighted by atomic mass is 35.5. The highest BCUT2D eigenvalue weighted by molar-refractivity contribution is 6.18. The third kappa shape index (κ3) is 5.27. The molecule has 28 heavy (non-hydrogen) atoms. The van der Waals surface area contributed by atoms with Crippen LogP contribution >= 0.6 is 23.2 Å². The average Bonchev–Trinajstić information content (AvgIpc) is 3.11. The van der Waals surface area contributed by atoms with Crippen LogP contribution < -0.4 is 10.3 Å². The zero-order valence-electron chi connectivity index (χ0n) is 15.4. The van der Waals surface area contributed by atoms with Gasteiger partial charge in [0.25, 0.3) is 0 Å². The Morgan fingerprint density at radius 3 is 2.50 bits per heavy atom. The summed E-state index contributed by atoms with van der Waals surface area (Å²) in [4.78, 5) is 17.5. The Morgan fingerprint density at radius 1 is 1.07 bits per heavy atom. The largest absolute Gasteiger partial charge is 0.369 e. The number of carbonyl (C=O) groups is 1. The number of hydrogen-bond acceptors (Lipinski definition) is 3. The summed E-state index contributed by atoms with van der Waals surface area (Å²) >= 11 is 11.7. The van der Waals surface area contributed by atoms with E-state index in [0.29, 0.717) is 11.8 Å². The van der Waals surface area contributed by atoms with Crippen LogP contribution in [0.2, 0.25) is 0 Å². The molecule has 0 atom stereocenters. The topological polar surface area (TPSA) is 60.5 Å². The van der Waals surface area contributed by atoms with Gasteiger partial charge >= 0.3 is 0 Å². The second-order valence-corrected chi connectivity index (χ2v) is 7.04. The van der Waals surface area contributed by atoms with Crippen LogP contribution in [-0.4, -0.2) is 42.0 Å². The highest BCUT2D eigenvalue weighted by Gasteiger charge is 2.08. The lowest BCUT2D eigenvalue weighted by atomic mass is 10.1. The molecule has 1 heterocycles. The van der Waals surface area contributed by atoms with Gasteiger partial charge in [-0.15, -0.1) is 23.2 Å². The van der Waals surface area contributed by atoms with Gasteiger partial charge in [-0.25, -0.2) is 5.43 Å². The van der Waals surface area contributed by atoms with Gasteiger partial charge in [0.1, 0.15) is 0 Å². The molecule has 0 saturated heterocycles. The summed E-state index contributed by atoms with van der Waals surface area (Å²) in [7, 11) is 0. The number of hydrogen-bond donors (Lipinski definition) is 2. The van der Waals surface area contributed by atoms with Crippen molar-refractivity contribution >= 4 is 51.9 Å². The maximum Gasteiger partial charge on any atom is 0.244 e. The van der Waals surface area contributed by atoms with Gasteiger partial charge in [-0.05, 0) is 29.3 Å². The van der Waals surface area contributed by atoms with Gasteiger partial charge in [-0.2, -0.15) is 5.10 Å². The van der Waals surface area contributed by atoms with E-state index in [-0.39, 0.29) is 12.3 Å². The van der Waals surface area contributed by atoms with Gasteiger partial charge in [0, 0.05) is 47.6 Å². The van der Waals surface area contributed by atoms with E-state index >= 15 is 0 Å². The van der Waals surface area contributed by atoms with Crippen molar-refractivity contribution < 1.29 is 4.79 Å². The molecule has 2 aromatic carbocycles. The first kappa shape index (κ1) is 20.2. The van der Waals surface area contributed by atoms with Gasteiger partial charge in [-0.3, -0.25) is 4.79 Å². The summed E-state index contributed by atoms with van der Waals surface area (Å²) in [5, 5.41) is 5.11. The number of aromatic amines is 1. The van der Waals surface area contributed by atoms with Crippen molar-refractivity contribution in [1.29, 1.82) is 0 Å². The van der Waals surface area contributed by atoms with E-state index in [1.54, 1.807) is 6.21 Å². The minimum absolute atomic E-state index is 0.159. The molecule has 0 aliphatic heterocycles. The molecule has 146 valence electrons. The van der Waals surface area contributed by atoms with Crippen LogP contribution in [0.25, 0.3) is 10.9 Å². The van der Waals surface area contributed by atoms with Crippen LogP contribution in [0, 0.1) is 0 Å². The molecule has 5 nitrogen and oxygen atoms in total. The number of carbonyl (C=O) groups excluding carboxylic acids is 1. The number of para-hydroxylation sites is 1. The third-order valence-electron chi connectivity index (χ3n) is 4.40. The molecule has 3 rings (SSSR count). The lowest BCUT2D eigenvalue weighted by Crippen LogP contribution is -2.27. The molecule has 1 amide bonds. The summed E-state index contributed by atoms with van der Waals surface area (Å²) in [5.74, 6) is 0.929. The minimum atomic E-state index is -0.159. The summed E-state index contributed by atoms with van der Waals surface area (Å²) in [6.07, 6.45) is 3.76. The normalized spacial score (nSPS) is 11.2. The summed E-state index contributed by atoms with van der Waals surface area (Å²) < 4.78 is 0. The van der Waals surface area contributed by atoms with Crippen LogP contribution in [-0.2, 0) is 11.2 Å². The monoisotopic (exact) mass is 416 g/mol. The van der Waals surface area contributed by atoms with Crippen LogP contribution in [0.1, 0.15) is 11.1 Å². The molecule has 0 aliphatic rings. The van der Waals surface area contributed by atoms with E-state index in [0.717, 1.165) is 40.8 Å². The number of aromatic nitrogens is 1. The fourth-order valence-corrected chi connectivity index (χ4v) is 3.42. The van der Waals surface area contributed by atoms with Gasteiger partial charge < -0.3 is 9.88 Å². The summed E-state index contributed by atoms with van der Waals surface area (Å²) in [6, 6.07) is 15.8. The first-order valence-corrected chi connectivity index (χ1v) is 10.1. The third-order valence-corrected chi connectivity index (χ3v) is 4.73. The van der Waals surface area contributed by atoms with Crippen molar-refractivity contribution in [3.05, 3.63) is 65.9 Å². The zero-order chi connectivity index (χ0) is 19.8. The standard InChI is InChI=1S/C21H22Cl2N4O/c22-9-11-27(12-10-23)18-7-5-16(6-8-18)14-25-26-21(28)13-17-15-24-20-4-2-1-3-19(17)20/h1-8,14-15,24H,9-13H2,(H,26,28)/b25-14+. The lowest BCUT2D eigenvalue weighted by molar-refractivity contribution is -0.120. The molecule has 0 fully saturated rings. The second kappa shape index (κ2) is 10.2. The number of alkyl halides is 2. The van der Waals surface area contributed by atoms with Gasteiger partial charge in [-0.1, -0.05) is 30.3 Å². The van der Waals surface area contributed by atoms with Crippen LogP contribution in [0.3, 0.4) is 0 Å². The average molecular weight is 417 g/mol. The molecule has 7 heteroatoms. The van der Waals surface area contributed by atoms with E-state index in [2.05, 4.69) is 20.4 Å². The van der Waals surface area contributed by atoms with Crippen LogP contribution in [0.4, 0.5) is 5.69 Å². The number of halogens is 2. The molecular formula is C21H22Cl2N4O. The molecule has 0 bridgehead atoms. The van der Waals surface area contributed by atoms with Crippen molar-refractivity contribution in [2.45, 2.75) is 6.42 Å². The number of hydrazone groups is 1. The summed E-state index contributed by atoms with van der Waals surface area (Å²) in [5.41, 5.74) is 6.51. The molecule has 0 spiro atoms. The second-order valence-electron chi connectivity index (χ2n) is 6.29. The van der Waals surface area contributed by atoms with Gasteiger partial charge in [0.2, 0.25) is 5.91 Å². The Balaban J connectivity index is 1.56. The molecule has 0 unspecified atom stereocenters. The Bertz CT molecular complexity index is 931. The molecule has 3 aromatic rings. The SMILES string of the molecule is O=C(Cc1c[nH]c2ccccc12)N/N=C/c1ccc(N(CCCl)CCCl)cc1. The van der Waals surface area contributed by atoms with Gasteiger partial charge in [0.05, 0.1) is 12.6 Å². The first-order valence-electron chi connectivity index (χ1n) is 9.05. The van der Waals surface area contributed by atoms with Crippen molar-refractivity contribution in [3.8, 4) is 0 Å². The molecule has 0 saturated carbocycles. The Labute approximate surface area is 174 Å². The maximum atomic E-state index is 12.2. The predicted octanol–water partition coefficient (Wildman–Crippen LogP) is 4.14. The lowest BCUT2D eigenvalue weighted by Gasteiger charge is -2.22. The number of H-pyrrole nitrogens is 1. The first-order chi connectivity index (χ1) is 13.7. The molecule has 0 radical (unpaired) electrons. The Hall–Kier alpha value is -2.50. The fourth-order valence-electron chi connectivity index (χ4n) is 3.01. The number of amides is 1. The molecule has 2 N–H and O–H groups in total. The number of nitrogens with zero attached hydrogens (tertiary/aromatic N) is 2. The predicted molar refractivity (Wildman–Crippen MR) is 118 cm³/mol. The minimum Gasteiger partial charge on any atom is -0.369 e. The number of fused-ring (bicyclic) bond motifs is 1. The fraction of sp³-hybridized carbons (Fsp3) is 0.238. The number of anilines is 1. The van der Waals surface area contributed by atoms with E-state index in [4.69, 9.17) is 23.2 Å². The van der Waals surface area contributed by atoms with E-state index in [1.165, 1.54) is 0 Å². The Morgan fingerprint density at radius 2 is 1.79 bits per heavy atom. The van der Waals surface area contributed by atoms with Crippen molar-refractivity contribution in [2.24, 2.45) is 5.10 Å². The maximum absolute atomic E-state index is 12.2. The smallest absolute Gasteiger partial charge is 0.244 e. The summed E-state index contributed by atoms with van der Waals surface area (Å²) in [6.45, 7) is 1.48. The van der Waals surface area contributed by atoms with Crippen molar-refractivity contribution in [2.75, 3.05) is 29.7 Å². The molecular weight excluding hydrogens is 395 g/mol. The van der Waals surface area contributed by atoms with E-state index in [1.807, 2.05) is 54.7 Å². The van der Waals surface area contributed by atoms with Gasteiger partial charge in [0.15, 0.2) is 0 Å².